The number of benzene rings is 1. The number of piperidine rings is 1. The predicted molar refractivity (Wildman–Crippen MR) is 65.8 cm³/mol. The van der Waals surface area contributed by atoms with Crippen molar-refractivity contribution in [1.82, 2.24) is 0 Å². The van der Waals surface area contributed by atoms with Gasteiger partial charge in [0, 0.05) is 6.54 Å². The monoisotopic (exact) mass is 238 g/mol. The van der Waals surface area contributed by atoms with Crippen LogP contribution in [0.25, 0.3) is 0 Å². The average molecular weight is 239 g/mol. The van der Waals surface area contributed by atoms with E-state index >= 15 is 0 Å². The third kappa shape index (κ3) is 1.93. The fraction of sp³-hybridized carbons (Fsp3) is 0.417. The molecule has 1 unspecified atom stereocenters. The number of nitrogens with two attached hydrogens (primary N) is 1. The van der Waals surface area contributed by atoms with E-state index in [0.29, 0.717) is 11.6 Å². The highest BCUT2D eigenvalue weighted by Crippen LogP contribution is 2.31. The van der Waals surface area contributed by atoms with E-state index in [4.69, 9.17) is 17.3 Å². The number of para-hydroxylation sites is 1. The van der Waals surface area contributed by atoms with Gasteiger partial charge in [-0.25, -0.2) is 0 Å². The molecule has 3 nitrogen and oxygen atoms in total. The van der Waals surface area contributed by atoms with Crippen LogP contribution < -0.4 is 10.6 Å². The van der Waals surface area contributed by atoms with Crippen LogP contribution in [0.5, 0.6) is 0 Å². The van der Waals surface area contributed by atoms with E-state index in [1.807, 2.05) is 19.1 Å². The Morgan fingerprint density at radius 3 is 2.94 bits per heavy atom. The summed E-state index contributed by atoms with van der Waals surface area (Å²) in [6.45, 7) is 2.66. The zero-order chi connectivity index (χ0) is 11.7. The van der Waals surface area contributed by atoms with Crippen molar-refractivity contribution in [1.29, 1.82) is 0 Å². The molecule has 1 aliphatic rings. The van der Waals surface area contributed by atoms with Gasteiger partial charge in [-0.05, 0) is 31.4 Å². The Morgan fingerprint density at radius 1 is 1.50 bits per heavy atom. The topological polar surface area (TPSA) is 46.3 Å². The molecule has 1 aromatic rings. The largest absolute Gasteiger partial charge is 0.320 e. The second kappa shape index (κ2) is 4.44. The number of anilines is 1. The first-order chi connectivity index (χ1) is 7.61. The van der Waals surface area contributed by atoms with Crippen molar-refractivity contribution in [3.05, 3.63) is 28.8 Å². The first-order valence-corrected chi connectivity index (χ1v) is 5.81. The van der Waals surface area contributed by atoms with Gasteiger partial charge in [0.25, 0.3) is 0 Å². The second-order valence-corrected chi connectivity index (χ2v) is 4.55. The van der Waals surface area contributed by atoms with E-state index in [2.05, 4.69) is 0 Å². The maximum Gasteiger partial charge on any atom is 0.243 e. The minimum absolute atomic E-state index is 0.0255. The van der Waals surface area contributed by atoms with Gasteiger partial charge in [0.15, 0.2) is 0 Å². The summed E-state index contributed by atoms with van der Waals surface area (Å²) < 4.78 is 0. The zero-order valence-electron chi connectivity index (χ0n) is 9.24. The van der Waals surface area contributed by atoms with Gasteiger partial charge in [-0.15, -0.1) is 0 Å². The Bertz CT molecular complexity index is 399. The summed E-state index contributed by atoms with van der Waals surface area (Å²) in [5, 5.41) is 0.613. The molecule has 1 atom stereocenters. The molecule has 2 rings (SSSR count). The molecular formula is C12H15ClN2O. The summed E-state index contributed by atoms with van der Waals surface area (Å²) in [5.74, 6) is -0.0255. The van der Waals surface area contributed by atoms with Crippen LogP contribution in [0.2, 0.25) is 5.02 Å². The number of amides is 1. The highest BCUT2D eigenvalue weighted by Gasteiger charge is 2.28. The molecule has 0 aromatic heterocycles. The number of carbonyl (C=O) groups is 1. The Kier molecular flexibility index (Phi) is 3.17. The van der Waals surface area contributed by atoms with Crippen molar-refractivity contribution < 1.29 is 4.79 Å². The third-order valence-electron chi connectivity index (χ3n) is 2.94. The van der Waals surface area contributed by atoms with E-state index in [1.54, 1.807) is 11.0 Å². The summed E-state index contributed by atoms with van der Waals surface area (Å²) >= 11 is 6.14. The SMILES string of the molecule is Cc1cccc(Cl)c1N1CCCC(N)C1=O. The van der Waals surface area contributed by atoms with Gasteiger partial charge in [-0.2, -0.15) is 0 Å². The molecule has 1 amide bonds. The number of halogens is 1. The average Bonchev–Trinajstić information content (AvgIpc) is 2.24. The van der Waals surface area contributed by atoms with Crippen molar-refractivity contribution >= 4 is 23.2 Å². The number of nitrogens with zero attached hydrogens (tertiary/aromatic N) is 1. The number of hydrogen-bond acceptors (Lipinski definition) is 2. The predicted octanol–water partition coefficient (Wildman–Crippen LogP) is 2.10. The first-order valence-electron chi connectivity index (χ1n) is 5.43. The lowest BCUT2D eigenvalue weighted by atomic mass is 10.0. The van der Waals surface area contributed by atoms with E-state index in [-0.39, 0.29) is 11.9 Å². The molecule has 0 spiro atoms. The standard InChI is InChI=1S/C12H15ClN2O/c1-8-4-2-5-9(13)11(8)15-7-3-6-10(14)12(15)16/h2,4-5,10H,3,6-7,14H2,1H3. The van der Waals surface area contributed by atoms with Crippen molar-refractivity contribution in [3.8, 4) is 0 Å². The Hall–Kier alpha value is -1.06. The van der Waals surface area contributed by atoms with Crippen LogP contribution in [-0.2, 0) is 4.79 Å². The number of hydrogen-bond donors (Lipinski definition) is 1. The summed E-state index contributed by atoms with van der Waals surface area (Å²) in [5.41, 5.74) is 7.59. The quantitative estimate of drug-likeness (QED) is 0.815. The lowest BCUT2D eigenvalue weighted by molar-refractivity contribution is -0.120. The molecule has 16 heavy (non-hydrogen) atoms. The van der Waals surface area contributed by atoms with Crippen molar-refractivity contribution in [2.45, 2.75) is 25.8 Å². The molecule has 4 heteroatoms. The fourth-order valence-corrected chi connectivity index (χ4v) is 2.41. The van der Waals surface area contributed by atoms with Crippen LogP contribution in [0.1, 0.15) is 18.4 Å². The molecule has 0 radical (unpaired) electrons. The molecule has 1 saturated heterocycles. The zero-order valence-corrected chi connectivity index (χ0v) is 10.00. The van der Waals surface area contributed by atoms with Crippen molar-refractivity contribution in [2.24, 2.45) is 5.73 Å². The maximum absolute atomic E-state index is 12.0. The van der Waals surface area contributed by atoms with Gasteiger partial charge in [0.1, 0.15) is 0 Å². The maximum atomic E-state index is 12.0. The Morgan fingerprint density at radius 2 is 2.25 bits per heavy atom. The highest BCUT2D eigenvalue weighted by molar-refractivity contribution is 6.34. The second-order valence-electron chi connectivity index (χ2n) is 4.14. The Labute approximate surface area is 100 Å². The van der Waals surface area contributed by atoms with Crippen LogP contribution in [0.3, 0.4) is 0 Å². The molecule has 1 fully saturated rings. The smallest absolute Gasteiger partial charge is 0.243 e. The van der Waals surface area contributed by atoms with Gasteiger partial charge in [0.05, 0.1) is 16.8 Å². The van der Waals surface area contributed by atoms with Gasteiger partial charge >= 0.3 is 0 Å². The minimum atomic E-state index is -0.385. The summed E-state index contributed by atoms with van der Waals surface area (Å²) in [6, 6.07) is 5.26. The van der Waals surface area contributed by atoms with Crippen LogP contribution in [-0.4, -0.2) is 18.5 Å². The van der Waals surface area contributed by atoms with Gasteiger partial charge < -0.3 is 10.6 Å². The molecule has 1 aromatic carbocycles. The van der Waals surface area contributed by atoms with Gasteiger partial charge in [0.2, 0.25) is 5.91 Å². The summed E-state index contributed by atoms with van der Waals surface area (Å²) in [7, 11) is 0. The number of aryl methyl sites for hydroxylation is 1. The van der Waals surface area contributed by atoms with Crippen molar-refractivity contribution in [2.75, 3.05) is 11.4 Å². The van der Waals surface area contributed by atoms with Crippen LogP contribution in [0, 0.1) is 6.92 Å². The van der Waals surface area contributed by atoms with E-state index in [0.717, 1.165) is 24.1 Å². The third-order valence-corrected chi connectivity index (χ3v) is 3.24. The molecule has 1 heterocycles. The highest BCUT2D eigenvalue weighted by atomic mass is 35.5. The minimum Gasteiger partial charge on any atom is -0.320 e. The lowest BCUT2D eigenvalue weighted by Gasteiger charge is -2.32. The van der Waals surface area contributed by atoms with Crippen LogP contribution in [0.4, 0.5) is 5.69 Å². The number of carbonyl (C=O) groups excluding carboxylic acids is 1. The molecule has 0 aliphatic carbocycles. The Balaban J connectivity index is 2.40. The fourth-order valence-electron chi connectivity index (χ4n) is 2.09. The van der Waals surface area contributed by atoms with Crippen LogP contribution in [0.15, 0.2) is 18.2 Å². The molecule has 0 bridgehead atoms. The van der Waals surface area contributed by atoms with Gasteiger partial charge in [-0.3, -0.25) is 4.79 Å². The summed E-state index contributed by atoms with van der Waals surface area (Å²) in [4.78, 5) is 13.7. The van der Waals surface area contributed by atoms with E-state index < -0.39 is 0 Å². The van der Waals surface area contributed by atoms with E-state index in [1.165, 1.54) is 0 Å². The van der Waals surface area contributed by atoms with Crippen molar-refractivity contribution in [3.63, 3.8) is 0 Å². The molecule has 0 saturated carbocycles. The normalized spacial score (nSPS) is 21.3. The molecule has 86 valence electrons. The van der Waals surface area contributed by atoms with Gasteiger partial charge in [-0.1, -0.05) is 23.7 Å². The molecule has 2 N–H and O–H groups in total. The first kappa shape index (κ1) is 11.4. The summed E-state index contributed by atoms with van der Waals surface area (Å²) in [6.07, 6.45) is 1.69. The molecule has 1 aliphatic heterocycles. The van der Waals surface area contributed by atoms with E-state index in [9.17, 15) is 4.79 Å². The van der Waals surface area contributed by atoms with Crippen LogP contribution >= 0.6 is 11.6 Å². The lowest BCUT2D eigenvalue weighted by Crippen LogP contribution is -2.48. The molecular weight excluding hydrogens is 224 g/mol. The number of rotatable bonds is 1.